The topological polar surface area (TPSA) is 148 Å². The minimum Gasteiger partial charge on any atom is -0.497 e. The highest BCUT2D eigenvalue weighted by molar-refractivity contribution is 5.57. The van der Waals surface area contributed by atoms with Crippen molar-refractivity contribution in [1.82, 2.24) is 0 Å². The predicted octanol–water partition coefficient (Wildman–Crippen LogP) is 22.3. The van der Waals surface area contributed by atoms with Gasteiger partial charge in [-0.2, -0.15) is 0 Å². The minimum atomic E-state index is 0.237. The van der Waals surface area contributed by atoms with Gasteiger partial charge in [-0.1, -0.05) is 146 Å². The molecule has 0 heterocycles. The summed E-state index contributed by atoms with van der Waals surface area (Å²) in [5.74, 6) is 12.5. The first-order chi connectivity index (χ1) is 60.6. The second-order valence-corrected chi connectivity index (χ2v) is 31.3. The number of rotatable bonds is 46. The van der Waals surface area contributed by atoms with Crippen LogP contribution in [0.5, 0.6) is 92.0 Å². The third kappa shape index (κ3) is 25.3. The first-order valence-corrected chi connectivity index (χ1v) is 42.6. The fourth-order valence-corrected chi connectivity index (χ4v) is 16.9. The summed E-state index contributed by atoms with van der Waals surface area (Å²) in [5.41, 5.74) is 20.0. The Morgan fingerprint density at radius 2 is 0.379 bits per heavy atom. The average Bonchev–Trinajstić information content (AvgIpc) is 0.828. The van der Waals surface area contributed by atoms with Crippen molar-refractivity contribution in [2.75, 3.05) is 114 Å². The van der Waals surface area contributed by atoms with Gasteiger partial charge in [-0.05, 0) is 312 Å². The predicted molar refractivity (Wildman–Crippen MR) is 496 cm³/mol. The van der Waals surface area contributed by atoms with Crippen LogP contribution < -0.4 is 75.8 Å². The van der Waals surface area contributed by atoms with Crippen LogP contribution in [0.4, 0.5) is 0 Å². The third-order valence-electron chi connectivity index (χ3n) is 23.8. The van der Waals surface area contributed by atoms with Gasteiger partial charge in [0.05, 0.1) is 114 Å². The van der Waals surface area contributed by atoms with Crippen LogP contribution in [0.3, 0.4) is 0 Å². The molecule has 12 rings (SSSR count). The van der Waals surface area contributed by atoms with E-state index in [2.05, 4.69) is 170 Å². The molecule has 16 heteroatoms. The Bertz CT molecular complexity index is 4860. The van der Waals surface area contributed by atoms with Crippen LogP contribution in [0, 0.1) is 11.8 Å². The normalized spacial score (nSPS) is 11.9. The molecule has 0 aliphatic heterocycles. The van der Waals surface area contributed by atoms with Crippen molar-refractivity contribution in [3.05, 3.63) is 332 Å². The first-order valence-electron chi connectivity index (χ1n) is 42.6. The van der Waals surface area contributed by atoms with Gasteiger partial charge < -0.3 is 75.8 Å². The molecular weight excluding hydrogens is 1550 g/mol. The van der Waals surface area contributed by atoms with Gasteiger partial charge in [0.2, 0.25) is 23.0 Å². The molecule has 0 aliphatic rings. The molecule has 0 radical (unpaired) electrons. The summed E-state index contributed by atoms with van der Waals surface area (Å²) in [4.78, 5) is 0. The van der Waals surface area contributed by atoms with Crippen molar-refractivity contribution >= 4 is 0 Å². The molecular formula is C108H124O16. The molecule has 12 aromatic rings. The molecule has 0 unspecified atom stereocenters. The quantitative estimate of drug-likeness (QED) is 0.0356. The Balaban J connectivity index is 0.000000241. The molecule has 4 atom stereocenters. The van der Waals surface area contributed by atoms with E-state index in [4.69, 9.17) is 75.8 Å². The summed E-state index contributed by atoms with van der Waals surface area (Å²) in [6.45, 7) is 0. The lowest BCUT2D eigenvalue weighted by Gasteiger charge is -2.29. The lowest BCUT2D eigenvalue weighted by molar-refractivity contribution is 0.324. The maximum atomic E-state index is 5.78. The monoisotopic (exact) mass is 1680 g/mol. The van der Waals surface area contributed by atoms with E-state index in [0.29, 0.717) is 80.8 Å². The van der Waals surface area contributed by atoms with Crippen LogP contribution in [0.15, 0.2) is 243 Å². The van der Waals surface area contributed by atoms with Crippen LogP contribution in [-0.4, -0.2) is 114 Å². The lowest BCUT2D eigenvalue weighted by atomic mass is 9.75. The second kappa shape index (κ2) is 47.2. The maximum absolute atomic E-state index is 5.78. The average molecular weight is 1680 g/mol. The molecule has 0 aliphatic carbocycles. The molecule has 0 N–H and O–H groups in total. The Morgan fingerprint density at radius 3 is 0.605 bits per heavy atom. The van der Waals surface area contributed by atoms with Crippen LogP contribution in [0.25, 0.3) is 0 Å². The van der Waals surface area contributed by atoms with Gasteiger partial charge >= 0.3 is 0 Å². The summed E-state index contributed by atoms with van der Waals surface area (Å²) in [6.07, 6.45) is 14.5. The molecule has 12 aromatic carbocycles. The van der Waals surface area contributed by atoms with Gasteiger partial charge in [-0.25, -0.2) is 0 Å². The number of hydrogen-bond acceptors (Lipinski definition) is 16. The molecule has 0 fully saturated rings. The Kier molecular flexibility index (Phi) is 35.1. The Labute approximate surface area is 735 Å². The number of hydrogen-bond donors (Lipinski definition) is 0. The summed E-state index contributed by atoms with van der Waals surface area (Å²) >= 11 is 0. The molecule has 0 aromatic heterocycles. The zero-order valence-electron chi connectivity index (χ0n) is 75.2. The Hall–Kier alpha value is -12.6. The molecule has 0 spiro atoms. The highest BCUT2D eigenvalue weighted by atomic mass is 16.6. The first kappa shape index (κ1) is 92.2. The van der Waals surface area contributed by atoms with Gasteiger partial charge in [-0.3, -0.25) is 0 Å². The van der Waals surface area contributed by atoms with Crippen LogP contribution in [0.1, 0.15) is 114 Å². The van der Waals surface area contributed by atoms with E-state index in [1.807, 2.05) is 72.8 Å². The van der Waals surface area contributed by atoms with E-state index < -0.39 is 0 Å². The van der Waals surface area contributed by atoms with Gasteiger partial charge in [0.15, 0.2) is 46.0 Å². The molecule has 0 saturated carbocycles. The van der Waals surface area contributed by atoms with Crippen LogP contribution in [0.2, 0.25) is 0 Å². The SMILES string of the molecule is COc1cccc(CC[C@@H](Cc2ccc(CCc3cc(OC)c(OC)c(OC)c3)cc2)[C@H](Cc2ccc(CCc3cc(OC)c(OC)c(OC)c3)cc2)c2cccc(OC)c2)c1.COc1cccc(CC[C@H](Cc2ccc(CCc3cc(OC)c(OC)c(OC)c3)cc2)[C@@H](Cc2ccc(CCc3cc(OC)c(OC)c(OC)c3)cc2)c2cccc(OC)c2)c1. The number of methoxy groups -OCH3 is 16. The van der Waals surface area contributed by atoms with E-state index in [1.54, 1.807) is 114 Å². The fourth-order valence-electron chi connectivity index (χ4n) is 16.9. The smallest absolute Gasteiger partial charge is 0.203 e. The van der Waals surface area contributed by atoms with Gasteiger partial charge in [0.25, 0.3) is 0 Å². The van der Waals surface area contributed by atoms with Crippen molar-refractivity contribution < 1.29 is 75.8 Å². The number of benzene rings is 12. The second-order valence-electron chi connectivity index (χ2n) is 31.3. The third-order valence-corrected chi connectivity index (χ3v) is 23.8. The zero-order valence-corrected chi connectivity index (χ0v) is 75.2. The van der Waals surface area contributed by atoms with E-state index in [1.165, 1.54) is 66.8 Å². The molecule has 124 heavy (non-hydrogen) atoms. The standard InChI is InChI=1S/2C54H62O8/c2*1-55-46-13-9-11-39(30-46)27-28-45(29-40-21-15-37(16-22-40)19-25-42-32-49(57-3)53(61-7)50(33-42)58-4)48(44-12-10-14-47(36-44)56-2)31-41-23-17-38(18-24-41)20-26-43-34-51(59-5)54(62-8)52(35-43)60-6/h2*9-18,21-24,30,32-36,45,48H,19-20,25-29,31H2,1-8H3/t2*45-,48+/m10/s1. The van der Waals surface area contributed by atoms with Gasteiger partial charge in [0, 0.05) is 0 Å². The highest BCUT2D eigenvalue weighted by Crippen LogP contribution is 2.45. The van der Waals surface area contributed by atoms with E-state index >= 15 is 0 Å². The summed E-state index contributed by atoms with van der Waals surface area (Å²) in [5, 5.41) is 0. The molecule has 652 valence electrons. The summed E-state index contributed by atoms with van der Waals surface area (Å²) < 4.78 is 89.8. The zero-order chi connectivity index (χ0) is 87.7. The van der Waals surface area contributed by atoms with Gasteiger partial charge in [-0.15, -0.1) is 0 Å². The maximum Gasteiger partial charge on any atom is 0.203 e. The van der Waals surface area contributed by atoms with Crippen molar-refractivity contribution in [1.29, 1.82) is 0 Å². The lowest BCUT2D eigenvalue weighted by Crippen LogP contribution is -2.19. The molecule has 0 amide bonds. The highest BCUT2D eigenvalue weighted by Gasteiger charge is 2.29. The van der Waals surface area contributed by atoms with E-state index in [-0.39, 0.29) is 11.8 Å². The van der Waals surface area contributed by atoms with Crippen molar-refractivity contribution in [2.24, 2.45) is 11.8 Å². The molecule has 0 bridgehead atoms. The fraction of sp³-hybridized carbons (Fsp3) is 0.333. The minimum absolute atomic E-state index is 0.237. The van der Waals surface area contributed by atoms with Crippen molar-refractivity contribution in [3.8, 4) is 92.0 Å². The van der Waals surface area contributed by atoms with Crippen LogP contribution >= 0.6 is 0 Å². The Morgan fingerprint density at radius 1 is 0.169 bits per heavy atom. The number of ether oxygens (including phenoxy) is 16. The van der Waals surface area contributed by atoms with E-state index in [0.717, 1.165) is 148 Å². The van der Waals surface area contributed by atoms with Crippen LogP contribution in [-0.2, 0) is 89.9 Å². The van der Waals surface area contributed by atoms with Gasteiger partial charge in [0.1, 0.15) is 23.0 Å². The summed E-state index contributed by atoms with van der Waals surface area (Å²) in [6, 6.07) is 87.2. The summed E-state index contributed by atoms with van der Waals surface area (Å²) in [7, 11) is 26.7. The molecule has 0 saturated heterocycles. The van der Waals surface area contributed by atoms with E-state index in [9.17, 15) is 0 Å². The largest absolute Gasteiger partial charge is 0.497 e. The number of aryl methyl sites for hydroxylation is 10. The molecule has 16 nitrogen and oxygen atoms in total. The van der Waals surface area contributed by atoms with Crippen molar-refractivity contribution in [3.63, 3.8) is 0 Å². The van der Waals surface area contributed by atoms with Crippen molar-refractivity contribution in [2.45, 2.75) is 115 Å².